The minimum absolute atomic E-state index is 0.118. The molecule has 0 amide bonds. The molecule has 6 nitrogen and oxygen atoms in total. The summed E-state index contributed by atoms with van der Waals surface area (Å²) in [6.07, 6.45) is 93.4. The number of rotatable bonds is 58. The van der Waals surface area contributed by atoms with E-state index >= 15 is 0 Å². The summed E-state index contributed by atoms with van der Waals surface area (Å²) in [7, 11) is 0. The van der Waals surface area contributed by atoms with Gasteiger partial charge in [-0.05, 0) is 122 Å². The van der Waals surface area contributed by atoms with Crippen LogP contribution in [-0.2, 0) is 28.6 Å². The Morgan fingerprint density at radius 1 is 0.278 bits per heavy atom. The third kappa shape index (κ3) is 64.3. The average Bonchev–Trinajstić information content (AvgIpc) is 3.45. The molecule has 1 atom stereocenters. The molecule has 79 heavy (non-hydrogen) atoms. The Labute approximate surface area is 487 Å². The summed E-state index contributed by atoms with van der Waals surface area (Å²) >= 11 is 0. The summed E-state index contributed by atoms with van der Waals surface area (Å²) in [4.78, 5) is 38.3. The SMILES string of the molecule is CC/C=C\C/C=C\C/C=C\C/C=C\C/C=C\CC(=O)OCC(COC(=O)CCCCCCCCCCCCCC/C=C\C/C=C\C/C=C\CCCCCCC)OC(=O)CCCCCCCC/C=C\C/C=C\C/C=C\CCCCC. The molecule has 0 spiro atoms. The molecule has 0 saturated heterocycles. The normalized spacial score (nSPS) is 13.0. The molecule has 0 bridgehead atoms. The van der Waals surface area contributed by atoms with Crippen LogP contribution in [0.3, 0.4) is 0 Å². The fourth-order valence-electron chi connectivity index (χ4n) is 8.77. The first-order valence-electron chi connectivity index (χ1n) is 32.7. The number of esters is 3. The molecule has 0 rings (SSSR count). The molecule has 0 N–H and O–H groups in total. The summed E-state index contributed by atoms with van der Waals surface area (Å²) in [5, 5.41) is 0. The molecule has 0 aliphatic rings. The first-order chi connectivity index (χ1) is 39.0. The van der Waals surface area contributed by atoms with Crippen molar-refractivity contribution in [1.82, 2.24) is 0 Å². The Bertz CT molecular complexity index is 1680. The van der Waals surface area contributed by atoms with Crippen LogP contribution in [0.1, 0.15) is 290 Å². The van der Waals surface area contributed by atoms with Gasteiger partial charge >= 0.3 is 17.9 Å². The zero-order valence-electron chi connectivity index (χ0n) is 51.3. The third-order valence-corrected chi connectivity index (χ3v) is 13.6. The van der Waals surface area contributed by atoms with E-state index in [-0.39, 0.29) is 38.0 Å². The largest absolute Gasteiger partial charge is 0.462 e. The number of allylic oxidation sites excluding steroid dienone is 21. The monoisotopic (exact) mass is 1090 g/mol. The van der Waals surface area contributed by atoms with E-state index < -0.39 is 12.1 Å². The van der Waals surface area contributed by atoms with Crippen molar-refractivity contribution in [2.75, 3.05) is 13.2 Å². The number of carbonyl (C=O) groups excluding carboxylic acids is 3. The van der Waals surface area contributed by atoms with Gasteiger partial charge in [-0.3, -0.25) is 14.4 Å². The Hall–Kier alpha value is -4.45. The van der Waals surface area contributed by atoms with Crippen molar-refractivity contribution >= 4 is 17.9 Å². The molecular weight excluding hydrogens is 973 g/mol. The Morgan fingerprint density at radius 3 is 0.911 bits per heavy atom. The van der Waals surface area contributed by atoms with Crippen molar-refractivity contribution in [2.45, 2.75) is 297 Å². The van der Waals surface area contributed by atoms with Gasteiger partial charge in [0.05, 0.1) is 6.42 Å². The van der Waals surface area contributed by atoms with Crippen LogP contribution in [0.5, 0.6) is 0 Å². The molecule has 0 aliphatic heterocycles. The van der Waals surface area contributed by atoms with Gasteiger partial charge in [0.25, 0.3) is 0 Å². The average molecular weight is 1090 g/mol. The summed E-state index contributed by atoms with van der Waals surface area (Å²) in [5.74, 6) is -1.06. The van der Waals surface area contributed by atoms with Gasteiger partial charge in [-0.1, -0.05) is 283 Å². The van der Waals surface area contributed by atoms with Gasteiger partial charge in [0.1, 0.15) is 13.2 Å². The Morgan fingerprint density at radius 2 is 0.544 bits per heavy atom. The molecule has 0 aliphatic carbocycles. The minimum Gasteiger partial charge on any atom is -0.462 e. The molecule has 0 aromatic rings. The van der Waals surface area contributed by atoms with E-state index in [1.807, 2.05) is 6.08 Å². The van der Waals surface area contributed by atoms with Crippen molar-refractivity contribution in [3.63, 3.8) is 0 Å². The maximum atomic E-state index is 12.9. The fraction of sp³-hybridized carbons (Fsp3) is 0.658. The van der Waals surface area contributed by atoms with Crippen LogP contribution in [0.4, 0.5) is 0 Å². The van der Waals surface area contributed by atoms with E-state index in [1.165, 1.54) is 141 Å². The maximum Gasteiger partial charge on any atom is 0.309 e. The van der Waals surface area contributed by atoms with Crippen molar-refractivity contribution in [1.29, 1.82) is 0 Å². The van der Waals surface area contributed by atoms with Crippen molar-refractivity contribution < 1.29 is 28.6 Å². The molecule has 0 aromatic carbocycles. The van der Waals surface area contributed by atoms with E-state index in [0.29, 0.717) is 6.42 Å². The number of hydrogen-bond donors (Lipinski definition) is 0. The minimum atomic E-state index is -0.832. The van der Waals surface area contributed by atoms with Crippen LogP contribution >= 0.6 is 0 Å². The molecule has 448 valence electrons. The van der Waals surface area contributed by atoms with E-state index in [9.17, 15) is 14.4 Å². The molecular formula is C73H120O6. The maximum absolute atomic E-state index is 12.9. The molecule has 0 fully saturated rings. The number of ether oxygens (including phenoxy) is 3. The summed E-state index contributed by atoms with van der Waals surface area (Å²) in [5.41, 5.74) is 0. The van der Waals surface area contributed by atoms with Crippen molar-refractivity contribution in [3.05, 3.63) is 134 Å². The molecule has 6 heteroatoms. The topological polar surface area (TPSA) is 78.9 Å². The zero-order valence-corrected chi connectivity index (χ0v) is 51.3. The first kappa shape index (κ1) is 74.5. The number of carbonyl (C=O) groups is 3. The van der Waals surface area contributed by atoms with Gasteiger partial charge in [-0.25, -0.2) is 0 Å². The first-order valence-corrected chi connectivity index (χ1v) is 32.7. The summed E-state index contributed by atoms with van der Waals surface area (Å²) < 4.78 is 16.8. The van der Waals surface area contributed by atoms with Crippen LogP contribution in [0, 0.1) is 0 Å². The second-order valence-corrected chi connectivity index (χ2v) is 21.3. The molecule has 0 saturated carbocycles. The second-order valence-electron chi connectivity index (χ2n) is 21.3. The van der Waals surface area contributed by atoms with Crippen LogP contribution < -0.4 is 0 Å². The van der Waals surface area contributed by atoms with E-state index in [4.69, 9.17) is 14.2 Å². The molecule has 0 radical (unpaired) electrons. The lowest BCUT2D eigenvalue weighted by atomic mass is 10.0. The molecule has 0 aromatic heterocycles. The van der Waals surface area contributed by atoms with E-state index in [1.54, 1.807) is 6.08 Å². The lowest BCUT2D eigenvalue weighted by molar-refractivity contribution is -0.166. The Kier molecular flexibility index (Phi) is 62.3. The van der Waals surface area contributed by atoms with Crippen molar-refractivity contribution in [2.24, 2.45) is 0 Å². The highest BCUT2D eigenvalue weighted by molar-refractivity contribution is 5.72. The van der Waals surface area contributed by atoms with Gasteiger partial charge in [0.15, 0.2) is 6.10 Å². The number of hydrogen-bond acceptors (Lipinski definition) is 6. The van der Waals surface area contributed by atoms with E-state index in [2.05, 4.69) is 142 Å². The van der Waals surface area contributed by atoms with Gasteiger partial charge in [0.2, 0.25) is 0 Å². The van der Waals surface area contributed by atoms with Crippen LogP contribution in [0.15, 0.2) is 134 Å². The summed E-state index contributed by atoms with van der Waals surface area (Å²) in [6.45, 7) is 6.40. The number of unbranched alkanes of at least 4 members (excludes halogenated alkanes) is 26. The predicted molar refractivity (Wildman–Crippen MR) is 343 cm³/mol. The van der Waals surface area contributed by atoms with Gasteiger partial charge < -0.3 is 14.2 Å². The molecule has 0 heterocycles. The highest BCUT2D eigenvalue weighted by Crippen LogP contribution is 2.15. The molecule has 1 unspecified atom stereocenters. The lowest BCUT2D eigenvalue weighted by Crippen LogP contribution is -2.30. The quantitative estimate of drug-likeness (QED) is 0.0261. The third-order valence-electron chi connectivity index (χ3n) is 13.6. The van der Waals surface area contributed by atoms with Gasteiger partial charge in [-0.15, -0.1) is 0 Å². The van der Waals surface area contributed by atoms with Crippen LogP contribution in [0.25, 0.3) is 0 Å². The van der Waals surface area contributed by atoms with Gasteiger partial charge in [-0.2, -0.15) is 0 Å². The standard InChI is InChI=1S/C73H120O6/c1-4-7-10-13-16-19-22-25-28-30-32-33-34-35-36-37-38-39-41-42-45-48-51-54-57-60-63-66-72(75)78-69-70(68-77-71(74)65-62-59-56-53-50-47-44-27-24-21-18-15-12-9-6-3)79-73(76)67-64-61-58-55-52-49-46-43-40-31-29-26-23-20-17-14-11-8-5-2/h9,12,17-18,20-22,25-27,29-30,32,34-35,40,43-44,50,53,59,62,70H,4-8,10-11,13-16,19,23-24,28,31,33,36-39,41-42,45-49,51-52,54-58,60-61,63-69H2,1-3H3/b12-9-,20-17-,21-18-,25-22-,29-26-,32-30-,35-34-,43-40-,44-27-,53-50-,62-59-. The van der Waals surface area contributed by atoms with E-state index in [0.717, 1.165) is 109 Å². The Balaban J connectivity index is 4.42. The smallest absolute Gasteiger partial charge is 0.309 e. The van der Waals surface area contributed by atoms with Gasteiger partial charge in [0, 0.05) is 12.8 Å². The van der Waals surface area contributed by atoms with Crippen LogP contribution in [0.2, 0.25) is 0 Å². The fourth-order valence-corrected chi connectivity index (χ4v) is 8.77. The van der Waals surface area contributed by atoms with Crippen molar-refractivity contribution in [3.8, 4) is 0 Å². The summed E-state index contributed by atoms with van der Waals surface area (Å²) in [6, 6.07) is 0. The zero-order chi connectivity index (χ0) is 57.1. The lowest BCUT2D eigenvalue weighted by Gasteiger charge is -2.18. The second kappa shape index (κ2) is 66.1. The predicted octanol–water partition coefficient (Wildman–Crippen LogP) is 22.5. The van der Waals surface area contributed by atoms with Crippen LogP contribution in [-0.4, -0.2) is 37.2 Å². The highest BCUT2D eigenvalue weighted by atomic mass is 16.6. The highest BCUT2D eigenvalue weighted by Gasteiger charge is 2.19.